The summed E-state index contributed by atoms with van der Waals surface area (Å²) < 4.78 is 26.9. The number of esters is 1. The maximum absolute atomic E-state index is 12.1. The van der Waals surface area contributed by atoms with Gasteiger partial charge < -0.3 is 20.1 Å². The van der Waals surface area contributed by atoms with Crippen LogP contribution >= 0.6 is 7.82 Å². The summed E-state index contributed by atoms with van der Waals surface area (Å²) in [5.74, 6) is -0.555. The first-order valence-electron chi connectivity index (χ1n) is 23.7. The minimum atomic E-state index is -4.44. The van der Waals surface area contributed by atoms with Crippen LogP contribution in [0.1, 0.15) is 181 Å². The van der Waals surface area contributed by atoms with Gasteiger partial charge in [0.15, 0.2) is 0 Å². The lowest BCUT2D eigenvalue weighted by Crippen LogP contribution is -2.27. The highest BCUT2D eigenvalue weighted by molar-refractivity contribution is 7.47. The first-order valence-corrected chi connectivity index (χ1v) is 25.2. The van der Waals surface area contributed by atoms with Crippen molar-refractivity contribution in [2.24, 2.45) is 0 Å². The van der Waals surface area contributed by atoms with Crippen molar-refractivity contribution in [3.63, 3.8) is 0 Å². The number of allylic oxidation sites excluding steroid dienone is 16. The number of ether oxygens (including phenoxy) is 1. The Morgan fingerprint density at radius 3 is 1.41 bits per heavy atom. The summed E-state index contributed by atoms with van der Waals surface area (Å²) in [5, 5.41) is 12.7. The fourth-order valence-electron chi connectivity index (χ4n) is 5.94. The number of hydrogen-bond acceptors (Lipinski definition) is 7. The lowest BCUT2D eigenvalue weighted by Gasteiger charge is -2.15. The molecule has 0 aliphatic rings. The number of carbonyl (C=O) groups is 2. The van der Waals surface area contributed by atoms with Gasteiger partial charge in [0.05, 0.1) is 13.2 Å². The third-order valence-electron chi connectivity index (χ3n) is 9.50. The van der Waals surface area contributed by atoms with Crippen molar-refractivity contribution in [2.45, 2.75) is 187 Å². The lowest BCUT2D eigenvalue weighted by molar-refractivity contribution is -0.147. The Hall–Kier alpha value is -3.07. The quantitative estimate of drug-likeness (QED) is 0.0239. The molecule has 61 heavy (non-hydrogen) atoms. The monoisotopic (exact) mass is 872 g/mol. The fourth-order valence-corrected chi connectivity index (χ4v) is 6.70. The van der Waals surface area contributed by atoms with Crippen LogP contribution in [0.5, 0.6) is 0 Å². The molecule has 0 saturated carbocycles. The Kier molecular flexibility index (Phi) is 44.1. The van der Waals surface area contributed by atoms with E-state index in [2.05, 4.69) is 116 Å². The molecule has 1 amide bonds. The van der Waals surface area contributed by atoms with Crippen molar-refractivity contribution in [3.05, 3.63) is 97.2 Å². The Morgan fingerprint density at radius 1 is 0.525 bits per heavy atom. The summed E-state index contributed by atoms with van der Waals surface area (Å²) in [6, 6.07) is 0. The van der Waals surface area contributed by atoms with E-state index in [0.29, 0.717) is 6.42 Å². The molecule has 9 nitrogen and oxygen atoms in total. The summed E-state index contributed by atoms with van der Waals surface area (Å²) in [5.41, 5.74) is 0. The Bertz CT molecular complexity index is 1320. The molecule has 0 rings (SSSR count). The first kappa shape index (κ1) is 57.9. The van der Waals surface area contributed by atoms with E-state index in [1.165, 1.54) is 38.5 Å². The second kappa shape index (κ2) is 46.4. The predicted octanol–water partition coefficient (Wildman–Crippen LogP) is 13.8. The van der Waals surface area contributed by atoms with Crippen LogP contribution in [0.25, 0.3) is 0 Å². The minimum absolute atomic E-state index is 0.0629. The van der Waals surface area contributed by atoms with E-state index < -0.39 is 26.5 Å². The summed E-state index contributed by atoms with van der Waals surface area (Å²) in [4.78, 5) is 34.0. The number of phosphoric acid groups is 1. The van der Waals surface area contributed by atoms with Gasteiger partial charge in [-0.15, -0.1) is 0 Å². The number of phosphoric ester groups is 1. The molecule has 0 aromatic rings. The van der Waals surface area contributed by atoms with Crippen LogP contribution in [-0.2, 0) is 27.9 Å². The van der Waals surface area contributed by atoms with E-state index in [1.54, 1.807) is 0 Å². The van der Waals surface area contributed by atoms with Crippen LogP contribution in [-0.4, -0.2) is 54.3 Å². The van der Waals surface area contributed by atoms with E-state index in [0.717, 1.165) is 116 Å². The molecule has 0 aliphatic carbocycles. The highest BCUT2D eigenvalue weighted by Crippen LogP contribution is 2.42. The molecular weight excluding hydrogens is 786 g/mol. The molecule has 0 aromatic heterocycles. The van der Waals surface area contributed by atoms with Gasteiger partial charge in [-0.05, 0) is 96.3 Å². The molecule has 0 radical (unpaired) electrons. The van der Waals surface area contributed by atoms with Crippen molar-refractivity contribution in [2.75, 3.05) is 26.4 Å². The SMILES string of the molecule is CC/C=C\C/C=C\C/C=C\C/C=C\C/C=C\CCCCCCCC(=O)NCCOP(=O)(O)OCC(O)COC(=O)CCCCCCCC/C=C\C/C=C\C/C=C\CCCCC. The van der Waals surface area contributed by atoms with Gasteiger partial charge in [-0.1, -0.05) is 169 Å². The fraction of sp³-hybridized carbons (Fsp3) is 0.647. The van der Waals surface area contributed by atoms with Crippen LogP contribution in [0.2, 0.25) is 0 Å². The van der Waals surface area contributed by atoms with Crippen LogP contribution < -0.4 is 5.32 Å². The average Bonchev–Trinajstić information content (AvgIpc) is 3.25. The molecule has 0 saturated heterocycles. The largest absolute Gasteiger partial charge is 0.472 e. The summed E-state index contributed by atoms with van der Waals surface area (Å²) in [6.07, 6.45) is 60.5. The van der Waals surface area contributed by atoms with Crippen molar-refractivity contribution in [3.8, 4) is 0 Å². The maximum Gasteiger partial charge on any atom is 0.472 e. The molecule has 3 N–H and O–H groups in total. The second-order valence-corrected chi connectivity index (χ2v) is 16.8. The molecular formula is C51H86NO8P. The Labute approximate surface area is 372 Å². The normalized spacial score (nSPS) is 14.1. The number of aliphatic hydroxyl groups is 1. The molecule has 0 bridgehead atoms. The van der Waals surface area contributed by atoms with Crippen molar-refractivity contribution >= 4 is 19.7 Å². The first-order chi connectivity index (χ1) is 29.8. The Morgan fingerprint density at radius 2 is 0.934 bits per heavy atom. The topological polar surface area (TPSA) is 131 Å². The number of hydrogen-bond donors (Lipinski definition) is 3. The third kappa shape index (κ3) is 47.8. The van der Waals surface area contributed by atoms with Crippen molar-refractivity contribution in [1.82, 2.24) is 5.32 Å². The molecule has 0 aromatic carbocycles. The molecule has 2 atom stereocenters. The number of nitrogens with one attached hydrogen (secondary N) is 1. The standard InChI is InChI=1S/C51H86NO8P/c1-3-5-7-9-11-13-15-17-19-21-23-24-26-27-29-31-33-35-37-39-41-43-50(54)52-45-46-59-61(56,57)60-48-49(53)47-58-51(55)44-42-40-38-36-34-32-30-28-25-22-20-18-16-14-12-10-8-6-4-2/h5,7,11-14,17-20,23-25,27-29,49,53H,3-4,6,8-10,15-16,21-22,26,30-48H2,1-2H3,(H,52,54)(H,56,57)/b7-5-,13-11-,14-12-,19-17-,20-18-,24-23-,28-25-,29-27-. The van der Waals surface area contributed by atoms with Crippen LogP contribution in [0, 0.1) is 0 Å². The average molecular weight is 872 g/mol. The number of rotatable bonds is 43. The van der Waals surface area contributed by atoms with Gasteiger partial charge in [0.1, 0.15) is 12.7 Å². The summed E-state index contributed by atoms with van der Waals surface area (Å²) >= 11 is 0. The zero-order chi connectivity index (χ0) is 44.6. The molecule has 0 aliphatic heterocycles. The van der Waals surface area contributed by atoms with Gasteiger partial charge in [-0.25, -0.2) is 4.57 Å². The van der Waals surface area contributed by atoms with E-state index in [-0.39, 0.29) is 32.1 Å². The minimum Gasteiger partial charge on any atom is -0.463 e. The van der Waals surface area contributed by atoms with Crippen LogP contribution in [0.3, 0.4) is 0 Å². The number of unbranched alkanes of at least 4 members (excludes halogenated alkanes) is 14. The van der Waals surface area contributed by atoms with Gasteiger partial charge in [-0.2, -0.15) is 0 Å². The molecule has 0 fully saturated rings. The molecule has 2 unspecified atom stereocenters. The smallest absolute Gasteiger partial charge is 0.463 e. The highest BCUT2D eigenvalue weighted by Gasteiger charge is 2.23. The summed E-state index contributed by atoms with van der Waals surface area (Å²) in [7, 11) is -4.44. The van der Waals surface area contributed by atoms with E-state index in [4.69, 9.17) is 13.8 Å². The zero-order valence-corrected chi connectivity index (χ0v) is 39.2. The molecule has 10 heteroatoms. The molecule has 0 heterocycles. The number of carbonyl (C=O) groups excluding carboxylic acids is 2. The van der Waals surface area contributed by atoms with Crippen molar-refractivity contribution in [1.29, 1.82) is 0 Å². The molecule has 348 valence electrons. The maximum atomic E-state index is 12.1. The van der Waals surface area contributed by atoms with E-state index in [1.807, 2.05) is 0 Å². The summed E-state index contributed by atoms with van der Waals surface area (Å²) in [6.45, 7) is 3.36. The van der Waals surface area contributed by atoms with Gasteiger partial charge in [0.25, 0.3) is 0 Å². The lowest BCUT2D eigenvalue weighted by atomic mass is 10.1. The van der Waals surface area contributed by atoms with E-state index >= 15 is 0 Å². The van der Waals surface area contributed by atoms with Gasteiger partial charge in [0.2, 0.25) is 5.91 Å². The highest BCUT2D eigenvalue weighted by atomic mass is 31.2. The molecule has 0 spiro atoms. The third-order valence-corrected chi connectivity index (χ3v) is 10.5. The number of amides is 1. The van der Waals surface area contributed by atoms with Crippen LogP contribution in [0.4, 0.5) is 0 Å². The van der Waals surface area contributed by atoms with Gasteiger partial charge in [-0.3, -0.25) is 18.6 Å². The number of aliphatic hydroxyl groups excluding tert-OH is 1. The zero-order valence-electron chi connectivity index (χ0n) is 38.3. The van der Waals surface area contributed by atoms with E-state index in [9.17, 15) is 24.2 Å². The predicted molar refractivity (Wildman–Crippen MR) is 256 cm³/mol. The van der Waals surface area contributed by atoms with Gasteiger partial charge in [0, 0.05) is 19.4 Å². The van der Waals surface area contributed by atoms with Crippen LogP contribution in [0.15, 0.2) is 97.2 Å². The second-order valence-electron chi connectivity index (χ2n) is 15.3. The Balaban J connectivity index is 3.67. The van der Waals surface area contributed by atoms with Crippen molar-refractivity contribution < 1.29 is 37.9 Å². The van der Waals surface area contributed by atoms with Gasteiger partial charge >= 0.3 is 13.8 Å².